The lowest BCUT2D eigenvalue weighted by atomic mass is 10.1. The predicted molar refractivity (Wildman–Crippen MR) is 158 cm³/mol. The summed E-state index contributed by atoms with van der Waals surface area (Å²) in [6, 6.07) is 7.29. The molecule has 0 bridgehead atoms. The lowest BCUT2D eigenvalue weighted by Crippen LogP contribution is -2.44. The number of aryl methyl sites for hydroxylation is 3. The molecule has 2 aliphatic carbocycles. The first-order chi connectivity index (χ1) is 19.4. The maximum absolute atomic E-state index is 13.9. The van der Waals surface area contributed by atoms with Gasteiger partial charge in [-0.25, -0.2) is 4.98 Å². The van der Waals surface area contributed by atoms with Crippen molar-refractivity contribution in [2.75, 3.05) is 38.5 Å². The number of rotatable bonds is 9. The number of nitrogens with one attached hydrogen (secondary N) is 1. The van der Waals surface area contributed by atoms with Crippen LogP contribution in [-0.2, 0) is 26.7 Å². The van der Waals surface area contributed by atoms with Crippen molar-refractivity contribution in [2.24, 2.45) is 7.05 Å². The Hall–Kier alpha value is -3.37. The Balaban J connectivity index is 1.25. The minimum Gasteiger partial charge on any atom is -0.337 e. The van der Waals surface area contributed by atoms with Crippen LogP contribution in [0.2, 0.25) is 0 Å². The Morgan fingerprint density at radius 3 is 2.38 bits per heavy atom. The number of aromatic nitrogens is 5. The van der Waals surface area contributed by atoms with E-state index in [9.17, 15) is 4.79 Å². The molecule has 3 aromatic heterocycles. The van der Waals surface area contributed by atoms with Gasteiger partial charge in [0.05, 0.1) is 28.7 Å². The summed E-state index contributed by atoms with van der Waals surface area (Å²) in [5, 5.41) is 9.61. The molecule has 1 aliphatic heterocycles. The van der Waals surface area contributed by atoms with Crippen LogP contribution in [0.5, 0.6) is 0 Å². The topological polar surface area (TPSA) is 79.4 Å². The number of nitrogens with zero attached hydrogens (tertiary/aromatic N) is 8. The lowest BCUT2D eigenvalue weighted by Gasteiger charge is -2.32. The normalized spacial score (nSPS) is 18.7. The fourth-order valence-electron chi connectivity index (χ4n) is 6.43. The number of benzene rings is 1. The highest BCUT2D eigenvalue weighted by Gasteiger charge is 2.43. The fraction of sp³-hybridized carbons (Fsp3) is 0.567. The average molecular weight is 544 g/mol. The van der Waals surface area contributed by atoms with Crippen molar-refractivity contribution >= 4 is 39.3 Å². The molecule has 10 nitrogen and oxygen atoms in total. The van der Waals surface area contributed by atoms with Crippen molar-refractivity contribution in [1.82, 2.24) is 38.6 Å². The molecule has 7 rings (SSSR count). The molecule has 40 heavy (non-hydrogen) atoms. The summed E-state index contributed by atoms with van der Waals surface area (Å²) in [4.78, 5) is 25.8. The van der Waals surface area contributed by atoms with Gasteiger partial charge in [0.2, 0.25) is 0 Å². The molecule has 3 fully saturated rings. The van der Waals surface area contributed by atoms with E-state index in [1.807, 2.05) is 13.4 Å². The summed E-state index contributed by atoms with van der Waals surface area (Å²) in [7, 11) is 4.22. The number of hydrogen-bond donors (Lipinski definition) is 1. The van der Waals surface area contributed by atoms with Gasteiger partial charge in [-0.3, -0.25) is 14.4 Å². The van der Waals surface area contributed by atoms with E-state index in [0.29, 0.717) is 12.1 Å². The van der Waals surface area contributed by atoms with Gasteiger partial charge in [0, 0.05) is 76.4 Å². The highest BCUT2D eigenvalue weighted by Crippen LogP contribution is 2.40. The third-order valence-electron chi connectivity index (χ3n) is 8.92. The Bertz CT molecular complexity index is 1550. The standard InChI is InChI=1S/C30H41N9O/c1-5-37-25-17-24(32-27-15-22(38(6-2)33-27)18-36-13-11-34(3)12-14-36)28-29(35(4)19-31-28)23(25)16-26(37)30(40)39(20-7-8-20)21-9-10-21/h15-17,19-21H,5-14,18H2,1-4H3,(H,32,33). The molecule has 4 aromatic rings. The van der Waals surface area contributed by atoms with Crippen molar-refractivity contribution < 1.29 is 4.79 Å². The molecular weight excluding hydrogens is 502 g/mol. The van der Waals surface area contributed by atoms with Crippen LogP contribution in [0.15, 0.2) is 24.5 Å². The highest BCUT2D eigenvalue weighted by atomic mass is 16.2. The van der Waals surface area contributed by atoms with Crippen molar-refractivity contribution in [2.45, 2.75) is 71.2 Å². The Kier molecular flexibility index (Phi) is 6.35. The minimum atomic E-state index is 0.183. The van der Waals surface area contributed by atoms with Gasteiger partial charge >= 0.3 is 0 Å². The molecule has 2 saturated carbocycles. The number of carbonyl (C=O) groups is 1. The molecule has 1 saturated heterocycles. The number of fused-ring (bicyclic) bond motifs is 3. The number of likely N-dealkylation sites (N-methyl/N-ethyl adjacent to an activating group) is 1. The molecule has 3 aliphatic rings. The minimum absolute atomic E-state index is 0.183. The maximum Gasteiger partial charge on any atom is 0.271 e. The number of hydrogen-bond acceptors (Lipinski definition) is 6. The first-order valence-electron chi connectivity index (χ1n) is 15.0. The molecule has 1 aromatic carbocycles. The molecule has 4 heterocycles. The second-order valence-electron chi connectivity index (χ2n) is 11.9. The van der Waals surface area contributed by atoms with E-state index in [1.54, 1.807) is 0 Å². The van der Waals surface area contributed by atoms with Crippen molar-refractivity contribution in [3.05, 3.63) is 35.9 Å². The summed E-state index contributed by atoms with van der Waals surface area (Å²) >= 11 is 0. The van der Waals surface area contributed by atoms with Gasteiger partial charge in [-0.2, -0.15) is 5.10 Å². The first kappa shape index (κ1) is 25.6. The summed E-state index contributed by atoms with van der Waals surface area (Å²) in [6.07, 6.45) is 6.40. The zero-order chi connectivity index (χ0) is 27.5. The second-order valence-corrected chi connectivity index (χ2v) is 11.9. The van der Waals surface area contributed by atoms with E-state index < -0.39 is 0 Å². The third kappa shape index (κ3) is 4.47. The zero-order valence-electron chi connectivity index (χ0n) is 24.2. The van der Waals surface area contributed by atoms with Crippen LogP contribution in [0.25, 0.3) is 21.9 Å². The summed E-state index contributed by atoms with van der Waals surface area (Å²) in [5.74, 6) is 1.01. The number of anilines is 2. The van der Waals surface area contributed by atoms with Gasteiger partial charge in [0.15, 0.2) is 5.82 Å². The molecule has 1 N–H and O–H groups in total. The number of carbonyl (C=O) groups excluding carboxylic acids is 1. The number of piperazine rings is 1. The van der Waals surface area contributed by atoms with E-state index in [0.717, 1.165) is 111 Å². The smallest absolute Gasteiger partial charge is 0.271 e. The Morgan fingerprint density at radius 1 is 1.00 bits per heavy atom. The van der Waals surface area contributed by atoms with E-state index in [-0.39, 0.29) is 5.91 Å². The van der Waals surface area contributed by atoms with Gasteiger partial charge in [-0.05, 0) is 58.7 Å². The summed E-state index contributed by atoms with van der Waals surface area (Å²) in [6.45, 7) is 11.1. The average Bonchev–Trinajstić information content (AvgIpc) is 3.86. The van der Waals surface area contributed by atoms with Gasteiger partial charge in [0.1, 0.15) is 11.2 Å². The van der Waals surface area contributed by atoms with Crippen LogP contribution < -0.4 is 5.32 Å². The van der Waals surface area contributed by atoms with E-state index in [2.05, 4.69) is 72.9 Å². The van der Waals surface area contributed by atoms with E-state index >= 15 is 0 Å². The SMILES string of the molecule is CCn1nc(Nc2cc3c(cc(C(=O)N(C4CC4)C4CC4)n3CC)c3c2ncn3C)cc1CN1CCN(C)CC1. The van der Waals surface area contributed by atoms with Gasteiger partial charge in [0.25, 0.3) is 5.91 Å². The van der Waals surface area contributed by atoms with Gasteiger partial charge in [-0.1, -0.05) is 0 Å². The molecular formula is C30H41N9O. The molecule has 1 amide bonds. The number of imidazole rings is 1. The highest BCUT2D eigenvalue weighted by molar-refractivity contribution is 6.12. The van der Waals surface area contributed by atoms with Crippen LogP contribution in [0.3, 0.4) is 0 Å². The van der Waals surface area contributed by atoms with E-state index in [4.69, 9.17) is 10.1 Å². The molecule has 212 valence electrons. The quantitative estimate of drug-likeness (QED) is 0.344. The third-order valence-corrected chi connectivity index (χ3v) is 8.92. The maximum atomic E-state index is 13.9. The molecule has 0 spiro atoms. The van der Waals surface area contributed by atoms with Crippen LogP contribution in [0.1, 0.15) is 55.7 Å². The predicted octanol–water partition coefficient (Wildman–Crippen LogP) is 4.02. The zero-order valence-corrected chi connectivity index (χ0v) is 24.2. The second kappa shape index (κ2) is 9.92. The molecule has 0 unspecified atom stereocenters. The van der Waals surface area contributed by atoms with Gasteiger partial charge in [-0.15, -0.1) is 0 Å². The summed E-state index contributed by atoms with van der Waals surface area (Å²) in [5.41, 5.74) is 5.93. The van der Waals surface area contributed by atoms with Crippen LogP contribution in [-0.4, -0.2) is 89.8 Å². The van der Waals surface area contributed by atoms with Crippen LogP contribution in [0.4, 0.5) is 11.5 Å². The monoisotopic (exact) mass is 543 g/mol. The van der Waals surface area contributed by atoms with E-state index in [1.165, 1.54) is 5.69 Å². The lowest BCUT2D eigenvalue weighted by molar-refractivity contribution is 0.0719. The Morgan fingerprint density at radius 2 is 1.73 bits per heavy atom. The van der Waals surface area contributed by atoms with Crippen LogP contribution in [0, 0.1) is 0 Å². The Labute approximate surface area is 235 Å². The summed E-state index contributed by atoms with van der Waals surface area (Å²) < 4.78 is 6.36. The molecule has 0 radical (unpaired) electrons. The fourth-order valence-corrected chi connectivity index (χ4v) is 6.43. The van der Waals surface area contributed by atoms with Crippen molar-refractivity contribution in [3.8, 4) is 0 Å². The molecule has 10 heteroatoms. The first-order valence-corrected chi connectivity index (χ1v) is 15.0. The van der Waals surface area contributed by atoms with Crippen molar-refractivity contribution in [3.63, 3.8) is 0 Å². The van der Waals surface area contributed by atoms with Crippen LogP contribution >= 0.6 is 0 Å². The molecule has 0 atom stereocenters. The van der Waals surface area contributed by atoms with Gasteiger partial charge < -0.3 is 24.3 Å². The van der Waals surface area contributed by atoms with Crippen molar-refractivity contribution in [1.29, 1.82) is 0 Å². The number of amides is 1. The largest absolute Gasteiger partial charge is 0.337 e.